The molecule has 0 aromatic heterocycles. The van der Waals surface area contributed by atoms with Crippen LogP contribution in [0.25, 0.3) is 0 Å². The van der Waals surface area contributed by atoms with Gasteiger partial charge in [-0.1, -0.05) is 91.0 Å². The summed E-state index contributed by atoms with van der Waals surface area (Å²) < 4.78 is 85.0. The van der Waals surface area contributed by atoms with Gasteiger partial charge in [-0.05, 0) is 89.0 Å². The van der Waals surface area contributed by atoms with Crippen molar-refractivity contribution in [2.75, 3.05) is 78.9 Å². The fourth-order valence-corrected chi connectivity index (χ4v) is 13.4. The van der Waals surface area contributed by atoms with E-state index in [1.165, 1.54) is 14.7 Å². The number of benzene rings is 6. The molecule has 0 spiro atoms. The molecule has 3 N–H and O–H groups in total. The van der Waals surface area contributed by atoms with E-state index >= 15 is 0 Å². The highest BCUT2D eigenvalue weighted by atomic mass is 16.5. The third kappa shape index (κ3) is 16.4. The number of nitrogens with one attached hydrogen (secondary N) is 3. The van der Waals surface area contributed by atoms with Gasteiger partial charge < -0.3 is 43.1 Å². The van der Waals surface area contributed by atoms with Crippen LogP contribution in [0.3, 0.4) is 0 Å². The number of piperidine rings is 3. The molecule has 15 rings (SSSR count). The Morgan fingerprint density at radius 2 is 0.606 bits per heavy atom. The van der Waals surface area contributed by atoms with E-state index in [0.29, 0.717) is 50.1 Å². The van der Waals surface area contributed by atoms with Gasteiger partial charge in [-0.3, -0.25) is 73.8 Å². The van der Waals surface area contributed by atoms with Crippen LogP contribution < -0.4 is 30.2 Å². The van der Waals surface area contributed by atoms with E-state index in [9.17, 15) is 43.2 Å². The van der Waals surface area contributed by atoms with Crippen LogP contribution in [0.1, 0.15) is 128 Å². The van der Waals surface area contributed by atoms with Crippen LogP contribution in [-0.2, 0) is 102 Å². The Hall–Kier alpha value is -9.69. The lowest BCUT2D eigenvalue weighted by molar-refractivity contribution is -0.138. The van der Waals surface area contributed by atoms with Crippen molar-refractivity contribution in [3.63, 3.8) is 0 Å². The fourth-order valence-electron chi connectivity index (χ4n) is 13.4. The molecular formula is C75H81N9O15. The van der Waals surface area contributed by atoms with Gasteiger partial charge in [-0.2, -0.15) is 0 Å². The quantitative estimate of drug-likeness (QED) is 0.0887. The van der Waals surface area contributed by atoms with Crippen LogP contribution in [0, 0.1) is 0 Å². The Balaban J connectivity index is 0.000000140. The normalized spacial score (nSPS) is 22.5. The van der Waals surface area contributed by atoms with E-state index in [4.69, 9.17) is 36.6 Å². The molecule has 24 heteroatoms. The van der Waals surface area contributed by atoms with Crippen LogP contribution in [0.2, 0.25) is 0 Å². The number of hydrogen-bond acceptors (Lipinski definition) is 18. The predicted molar refractivity (Wildman–Crippen MR) is 358 cm³/mol. The lowest BCUT2D eigenvalue weighted by Crippen LogP contribution is -2.52. The van der Waals surface area contributed by atoms with E-state index in [2.05, 4.69) is 30.7 Å². The van der Waals surface area contributed by atoms with Crippen LogP contribution >= 0.6 is 0 Å². The lowest BCUT2D eigenvalue weighted by atomic mass is 10.0. The molecule has 99 heavy (non-hydrogen) atoms. The van der Waals surface area contributed by atoms with Crippen LogP contribution in [0.5, 0.6) is 17.2 Å². The van der Waals surface area contributed by atoms with Gasteiger partial charge in [0.1, 0.15) is 55.1 Å². The van der Waals surface area contributed by atoms with Crippen LogP contribution in [0.15, 0.2) is 127 Å². The molecule has 9 aliphatic heterocycles. The molecule has 0 aliphatic carbocycles. The maximum atomic E-state index is 13.0. The molecule has 9 amide bonds. The van der Waals surface area contributed by atoms with E-state index in [1.807, 2.05) is 36.4 Å². The molecule has 6 aromatic carbocycles. The number of nitrogens with zero attached hydrogens (tertiary/aromatic N) is 6. The first-order chi connectivity index (χ1) is 50.4. The molecule has 24 nitrogen and oxygen atoms in total. The molecule has 6 saturated heterocycles. The number of fused-ring (bicyclic) bond motifs is 3. The summed E-state index contributed by atoms with van der Waals surface area (Å²) in [7, 11) is 0. The third-order valence-electron chi connectivity index (χ3n) is 18.8. The summed E-state index contributed by atoms with van der Waals surface area (Å²) in [6.45, 7) is 5.87. The van der Waals surface area contributed by atoms with Gasteiger partial charge in [0, 0.05) is 112 Å². The minimum atomic E-state index is -2.13. The number of rotatable bonds is 18. The Morgan fingerprint density at radius 1 is 0.354 bits per heavy atom. The molecule has 1 unspecified atom stereocenters. The predicted octanol–water partition coefficient (Wildman–Crippen LogP) is 5.58. The standard InChI is InChI=1S/3C25H27N3O5/c3*29-23-9-8-21(24(30)26-23)28-15-20-19(25(28)31)2-1-3-22(20)33-16-18-6-4-17(5-7-18)14-27-10-12-32-13-11-27/h3*1-7,21H,8-16H2,(H,26,29,30)/t2*21-;/m10./s1/i3*16D2. The molecule has 3 atom stereocenters. The smallest absolute Gasteiger partial charge is 0.255 e. The topological polar surface area (TPSA) is 265 Å². The Kier molecular flexibility index (Phi) is 19.2. The highest BCUT2D eigenvalue weighted by Crippen LogP contribution is 2.37. The minimum Gasteiger partial charge on any atom is -0.489 e. The lowest BCUT2D eigenvalue weighted by Gasteiger charge is -2.29. The van der Waals surface area contributed by atoms with Crippen molar-refractivity contribution >= 4 is 53.2 Å². The van der Waals surface area contributed by atoms with Gasteiger partial charge in [0.25, 0.3) is 17.7 Å². The zero-order valence-electron chi connectivity index (χ0n) is 60.6. The molecule has 6 aromatic rings. The maximum Gasteiger partial charge on any atom is 0.255 e. The molecule has 0 saturated carbocycles. The Morgan fingerprint density at radius 3 is 0.859 bits per heavy atom. The van der Waals surface area contributed by atoms with Crippen molar-refractivity contribution < 1.29 is 79.8 Å². The highest BCUT2D eigenvalue weighted by Gasteiger charge is 2.43. The summed E-state index contributed by atoms with van der Waals surface area (Å²) in [4.78, 5) is 122. The molecule has 0 bridgehead atoms. The van der Waals surface area contributed by atoms with Crippen LogP contribution in [0.4, 0.5) is 0 Å². The first kappa shape index (κ1) is 60.5. The van der Waals surface area contributed by atoms with Gasteiger partial charge >= 0.3 is 0 Å². The first-order valence-electron chi connectivity index (χ1n) is 36.5. The number of carbonyl (C=O) groups is 9. The second-order valence-corrected chi connectivity index (χ2v) is 25.4. The van der Waals surface area contributed by atoms with Crippen molar-refractivity contribution in [1.29, 1.82) is 0 Å². The number of imide groups is 3. The molecule has 9 aliphatic rings. The minimum absolute atomic E-state index is 0.116. The average Bonchev–Trinajstić information content (AvgIpc) is 0.870. The van der Waals surface area contributed by atoms with E-state index < -0.39 is 55.5 Å². The second-order valence-electron chi connectivity index (χ2n) is 25.4. The largest absolute Gasteiger partial charge is 0.489 e. The van der Waals surface area contributed by atoms with Crippen molar-refractivity contribution in [2.24, 2.45) is 0 Å². The summed E-state index contributed by atoms with van der Waals surface area (Å²) in [6, 6.07) is 34.2. The molecular weight excluding hydrogens is 1270 g/mol. The highest BCUT2D eigenvalue weighted by molar-refractivity contribution is 6.08. The maximum absolute atomic E-state index is 13.0. The van der Waals surface area contributed by atoms with Gasteiger partial charge in [0.15, 0.2) is 0 Å². The molecule has 9 heterocycles. The Bertz CT molecular complexity index is 3880. The zero-order chi connectivity index (χ0) is 73.7. The molecule has 0 radical (unpaired) electrons. The average molecular weight is 1350 g/mol. The second kappa shape index (κ2) is 31.4. The summed E-state index contributed by atoms with van der Waals surface area (Å²) in [5, 5.41) is 6.86. The zero-order valence-corrected chi connectivity index (χ0v) is 54.6. The SMILES string of the molecule is [2H]C([2H])(Oc1cccc2c1CN(C1CCC(=O)NC1=O)C2=O)c1ccc(CN2CCOCC2)cc1.[2H]C([2H])(Oc1cccc2c1CN([C@@H]1CCC(=O)NC1=O)C2=O)c1ccc(CN2CCOCC2)cc1.[2H]C([2H])(Oc1cccc2c1CN([C@H]1CCC(=O)NC1=O)C2=O)c1ccc(CN2CCOCC2)cc1. The number of ether oxygens (including phenoxy) is 6. The third-order valence-corrected chi connectivity index (χ3v) is 18.8. The van der Waals surface area contributed by atoms with Crippen molar-refractivity contribution in [3.05, 3.63) is 194 Å². The molecule has 516 valence electrons. The number of carbonyl (C=O) groups excluding carboxylic acids is 9. The first-order valence-corrected chi connectivity index (χ1v) is 33.5. The van der Waals surface area contributed by atoms with E-state index in [1.54, 1.807) is 91.0 Å². The summed E-state index contributed by atoms with van der Waals surface area (Å²) in [6.07, 6.45) is 1.30. The number of hydrogen-bond donors (Lipinski definition) is 3. The van der Waals surface area contributed by atoms with Gasteiger partial charge in [-0.25, -0.2) is 0 Å². The van der Waals surface area contributed by atoms with E-state index in [-0.39, 0.29) is 111 Å². The van der Waals surface area contributed by atoms with Gasteiger partial charge in [-0.15, -0.1) is 0 Å². The fraction of sp³-hybridized carbons (Fsp3) is 0.400. The summed E-state index contributed by atoms with van der Waals surface area (Å²) in [5.74, 6) is -2.70. The summed E-state index contributed by atoms with van der Waals surface area (Å²) >= 11 is 0. The van der Waals surface area contributed by atoms with Crippen molar-refractivity contribution in [3.8, 4) is 17.2 Å². The van der Waals surface area contributed by atoms with Crippen LogP contribution in [-0.4, -0.2) is 180 Å². The van der Waals surface area contributed by atoms with Crippen molar-refractivity contribution in [1.82, 2.24) is 45.3 Å². The van der Waals surface area contributed by atoms with Crippen molar-refractivity contribution in [2.45, 2.75) is 116 Å². The van der Waals surface area contributed by atoms with E-state index in [0.717, 1.165) is 115 Å². The number of morpholine rings is 3. The summed E-state index contributed by atoms with van der Waals surface area (Å²) in [5.41, 5.74) is 7.09. The monoisotopic (exact) mass is 1350 g/mol. The Labute approximate surface area is 582 Å². The van der Waals surface area contributed by atoms with Gasteiger partial charge in [0.2, 0.25) is 35.4 Å². The van der Waals surface area contributed by atoms with Gasteiger partial charge in [0.05, 0.1) is 67.5 Å². The molecule has 6 fully saturated rings. The number of amides is 9.